The maximum Gasteiger partial charge on any atom is 0.417 e. The number of nitrogens with zero attached hydrogens (tertiary/aromatic N) is 3. The largest absolute Gasteiger partial charge is 0.481 e. The summed E-state index contributed by atoms with van der Waals surface area (Å²) in [5.41, 5.74) is 0. The number of anilines is 1. The van der Waals surface area contributed by atoms with Crippen molar-refractivity contribution in [1.29, 1.82) is 0 Å². The van der Waals surface area contributed by atoms with E-state index in [1.165, 1.54) is 23.4 Å². The first-order valence-electron chi connectivity index (χ1n) is 5.69. The molecular formula is C12H15N3O4. The van der Waals surface area contributed by atoms with Crippen molar-refractivity contribution in [3.05, 3.63) is 31.1 Å². The minimum Gasteiger partial charge on any atom is -0.481 e. The fraction of sp³-hybridized carbons (Fsp3) is 0.333. The Bertz CT molecular complexity index is 436. The Hall–Kier alpha value is -2.44. The van der Waals surface area contributed by atoms with E-state index >= 15 is 0 Å². The highest BCUT2D eigenvalue weighted by Crippen LogP contribution is 2.09. The van der Waals surface area contributed by atoms with Crippen LogP contribution in [0.1, 0.15) is 12.8 Å². The topological polar surface area (TPSA) is 92.6 Å². The van der Waals surface area contributed by atoms with Crippen LogP contribution in [0.25, 0.3) is 0 Å². The molecular weight excluding hydrogens is 250 g/mol. The van der Waals surface area contributed by atoms with Gasteiger partial charge in [-0.15, -0.1) is 0 Å². The van der Waals surface area contributed by atoms with E-state index in [1.54, 1.807) is 6.07 Å². The quantitative estimate of drug-likeness (QED) is 0.750. The summed E-state index contributed by atoms with van der Waals surface area (Å²) < 4.78 is 4.91. The second-order valence-corrected chi connectivity index (χ2v) is 3.56. The van der Waals surface area contributed by atoms with Crippen LogP contribution in [-0.4, -0.2) is 40.3 Å². The minimum atomic E-state index is -0.923. The van der Waals surface area contributed by atoms with E-state index in [1.807, 2.05) is 0 Å². The van der Waals surface area contributed by atoms with Crippen LogP contribution in [0.5, 0.6) is 0 Å². The minimum absolute atomic E-state index is 0.0436. The molecule has 1 rings (SSSR count). The lowest BCUT2D eigenvalue weighted by atomic mass is 10.3. The van der Waals surface area contributed by atoms with Crippen LogP contribution in [0.4, 0.5) is 10.7 Å². The monoisotopic (exact) mass is 265 g/mol. The maximum absolute atomic E-state index is 11.8. The summed E-state index contributed by atoms with van der Waals surface area (Å²) in [7, 11) is 0. The van der Waals surface area contributed by atoms with E-state index in [2.05, 4.69) is 16.5 Å². The molecule has 1 heterocycles. The summed E-state index contributed by atoms with van der Waals surface area (Å²) in [5.74, 6) is -0.740. The summed E-state index contributed by atoms with van der Waals surface area (Å²) in [5, 5.41) is 8.60. The standard InChI is InChI=1S/C12H15N3O4/c1-2-9-19-12(18)15(8-3-5-10(16)17)11-13-6-4-7-14-11/h2,4,6-7H,1,3,5,8-9H2,(H,16,17). The third-order valence-electron chi connectivity index (χ3n) is 2.11. The number of hydrogen-bond acceptors (Lipinski definition) is 5. The first-order chi connectivity index (χ1) is 9.15. The van der Waals surface area contributed by atoms with Gasteiger partial charge in [0.2, 0.25) is 5.95 Å². The van der Waals surface area contributed by atoms with Crippen LogP contribution in [0.2, 0.25) is 0 Å². The Kier molecular flexibility index (Phi) is 6.00. The van der Waals surface area contributed by atoms with Gasteiger partial charge in [0, 0.05) is 25.4 Å². The number of carbonyl (C=O) groups excluding carboxylic acids is 1. The van der Waals surface area contributed by atoms with Gasteiger partial charge in [-0.25, -0.2) is 19.7 Å². The van der Waals surface area contributed by atoms with E-state index in [4.69, 9.17) is 9.84 Å². The molecule has 0 atom stereocenters. The normalized spacial score (nSPS) is 9.68. The van der Waals surface area contributed by atoms with Crippen molar-refractivity contribution < 1.29 is 19.4 Å². The predicted molar refractivity (Wildman–Crippen MR) is 67.8 cm³/mol. The molecule has 0 spiro atoms. The zero-order chi connectivity index (χ0) is 14.1. The molecule has 0 aliphatic heterocycles. The maximum atomic E-state index is 11.8. The van der Waals surface area contributed by atoms with Gasteiger partial charge in [0.1, 0.15) is 6.61 Å². The molecule has 19 heavy (non-hydrogen) atoms. The molecule has 0 saturated carbocycles. The molecule has 0 aliphatic rings. The summed E-state index contributed by atoms with van der Waals surface area (Å²) in [4.78, 5) is 31.4. The molecule has 1 N–H and O–H groups in total. The average molecular weight is 265 g/mol. The van der Waals surface area contributed by atoms with Crippen LogP contribution in [-0.2, 0) is 9.53 Å². The molecule has 7 heteroatoms. The van der Waals surface area contributed by atoms with E-state index in [0.29, 0.717) is 0 Å². The van der Waals surface area contributed by atoms with Gasteiger partial charge in [-0.05, 0) is 12.5 Å². The summed E-state index contributed by atoms with van der Waals surface area (Å²) in [6.45, 7) is 3.69. The number of ether oxygens (including phenoxy) is 1. The molecule has 1 aromatic rings. The molecule has 0 aliphatic carbocycles. The van der Waals surface area contributed by atoms with Crippen LogP contribution in [0, 0.1) is 0 Å². The number of carboxylic acids is 1. The SMILES string of the molecule is C=CCOC(=O)N(CCCC(=O)O)c1ncccn1. The zero-order valence-electron chi connectivity index (χ0n) is 10.4. The summed E-state index contributed by atoms with van der Waals surface area (Å²) >= 11 is 0. The van der Waals surface area contributed by atoms with Gasteiger partial charge in [0.25, 0.3) is 0 Å². The van der Waals surface area contributed by atoms with Gasteiger partial charge in [0.15, 0.2) is 0 Å². The third-order valence-corrected chi connectivity index (χ3v) is 2.11. The van der Waals surface area contributed by atoms with Gasteiger partial charge in [-0.2, -0.15) is 0 Å². The van der Waals surface area contributed by atoms with Gasteiger partial charge < -0.3 is 9.84 Å². The number of hydrogen-bond donors (Lipinski definition) is 1. The Labute approximate surface area is 110 Å². The van der Waals surface area contributed by atoms with Crippen LogP contribution in [0.15, 0.2) is 31.1 Å². The van der Waals surface area contributed by atoms with Crippen LogP contribution < -0.4 is 4.90 Å². The lowest BCUT2D eigenvalue weighted by molar-refractivity contribution is -0.137. The van der Waals surface area contributed by atoms with Crippen molar-refractivity contribution in [2.75, 3.05) is 18.1 Å². The highest BCUT2D eigenvalue weighted by molar-refractivity contribution is 5.85. The number of carbonyl (C=O) groups is 2. The predicted octanol–water partition coefficient (Wildman–Crippen LogP) is 1.47. The second-order valence-electron chi connectivity index (χ2n) is 3.56. The summed E-state index contributed by atoms with van der Waals surface area (Å²) in [6, 6.07) is 1.62. The average Bonchev–Trinajstić information content (AvgIpc) is 2.41. The van der Waals surface area contributed by atoms with Crippen molar-refractivity contribution in [1.82, 2.24) is 9.97 Å². The van der Waals surface area contributed by atoms with Crippen LogP contribution in [0.3, 0.4) is 0 Å². The molecule has 0 bridgehead atoms. The molecule has 0 radical (unpaired) electrons. The Morgan fingerprint density at radius 1 is 1.42 bits per heavy atom. The van der Waals surface area contributed by atoms with Crippen molar-refractivity contribution in [3.63, 3.8) is 0 Å². The Balaban J connectivity index is 2.70. The zero-order valence-corrected chi connectivity index (χ0v) is 10.4. The molecule has 0 aromatic carbocycles. The lowest BCUT2D eigenvalue weighted by Gasteiger charge is -2.19. The van der Waals surface area contributed by atoms with E-state index in [9.17, 15) is 9.59 Å². The molecule has 0 saturated heterocycles. The Morgan fingerprint density at radius 2 is 2.11 bits per heavy atom. The molecule has 7 nitrogen and oxygen atoms in total. The van der Waals surface area contributed by atoms with Crippen molar-refractivity contribution in [2.45, 2.75) is 12.8 Å². The van der Waals surface area contributed by atoms with Gasteiger partial charge in [0.05, 0.1) is 0 Å². The molecule has 0 unspecified atom stereocenters. The highest BCUT2D eigenvalue weighted by Gasteiger charge is 2.19. The first kappa shape index (κ1) is 14.6. The third kappa shape index (κ3) is 5.15. The summed E-state index contributed by atoms with van der Waals surface area (Å²) in [6.07, 6.45) is 4.05. The van der Waals surface area contributed by atoms with Gasteiger partial charge >= 0.3 is 12.1 Å². The van der Waals surface area contributed by atoms with Gasteiger partial charge in [-0.3, -0.25) is 4.79 Å². The number of rotatable bonds is 7. The number of carboxylic acid groups (broad SMARTS) is 1. The fourth-order valence-corrected chi connectivity index (χ4v) is 1.30. The number of aliphatic carboxylic acids is 1. The van der Waals surface area contributed by atoms with Crippen molar-refractivity contribution in [3.8, 4) is 0 Å². The molecule has 1 amide bonds. The molecule has 1 aromatic heterocycles. The number of aromatic nitrogens is 2. The van der Waals surface area contributed by atoms with Crippen molar-refractivity contribution in [2.24, 2.45) is 0 Å². The fourth-order valence-electron chi connectivity index (χ4n) is 1.30. The van der Waals surface area contributed by atoms with Gasteiger partial charge in [-0.1, -0.05) is 12.7 Å². The van der Waals surface area contributed by atoms with Crippen molar-refractivity contribution >= 4 is 18.0 Å². The molecule has 102 valence electrons. The smallest absolute Gasteiger partial charge is 0.417 e. The lowest BCUT2D eigenvalue weighted by Crippen LogP contribution is -2.34. The van der Waals surface area contributed by atoms with E-state index in [0.717, 1.165) is 0 Å². The molecule has 0 fully saturated rings. The first-order valence-corrected chi connectivity index (χ1v) is 5.69. The van der Waals surface area contributed by atoms with Crippen LogP contribution >= 0.6 is 0 Å². The highest BCUT2D eigenvalue weighted by atomic mass is 16.6. The Morgan fingerprint density at radius 3 is 2.68 bits per heavy atom. The van der Waals surface area contributed by atoms with E-state index < -0.39 is 12.1 Å². The van der Waals surface area contributed by atoms with E-state index in [-0.39, 0.29) is 31.9 Å². The number of amides is 1. The second kappa shape index (κ2) is 7.80.